The van der Waals surface area contributed by atoms with Crippen LogP contribution in [0.3, 0.4) is 0 Å². The lowest BCUT2D eigenvalue weighted by atomic mass is 10.4. The Kier molecular flexibility index (Phi) is 3.98. The standard InChI is InChI=1S/C8H10BrN3O3/c1-12(2-3-13)7-5(9)6(8(14)15)10-4-11-7/h4,13H,2-3H2,1H3,(H,14,15). The SMILES string of the molecule is CN(CCO)c1ncnc(C(=O)O)c1Br. The number of aromatic nitrogens is 2. The highest BCUT2D eigenvalue weighted by Gasteiger charge is 2.16. The fraction of sp³-hybridized carbons (Fsp3) is 0.375. The molecule has 6 nitrogen and oxygen atoms in total. The summed E-state index contributed by atoms with van der Waals surface area (Å²) in [5.41, 5.74) is -0.0928. The molecule has 0 radical (unpaired) electrons. The smallest absolute Gasteiger partial charge is 0.355 e. The summed E-state index contributed by atoms with van der Waals surface area (Å²) < 4.78 is 0.313. The molecule has 2 N–H and O–H groups in total. The van der Waals surface area contributed by atoms with Crippen LogP contribution in [-0.4, -0.2) is 46.3 Å². The summed E-state index contributed by atoms with van der Waals surface area (Å²) in [6.07, 6.45) is 1.18. The molecule has 82 valence electrons. The van der Waals surface area contributed by atoms with Crippen LogP contribution in [0.4, 0.5) is 5.82 Å². The second-order valence-corrected chi connectivity index (χ2v) is 3.60. The number of carboxylic acids is 1. The van der Waals surface area contributed by atoms with Crippen LogP contribution in [0.15, 0.2) is 10.8 Å². The Morgan fingerprint density at radius 2 is 2.27 bits per heavy atom. The van der Waals surface area contributed by atoms with Crippen LogP contribution < -0.4 is 4.90 Å². The van der Waals surface area contributed by atoms with Crippen molar-refractivity contribution in [2.45, 2.75) is 0 Å². The summed E-state index contributed by atoms with van der Waals surface area (Å²) in [5, 5.41) is 17.6. The van der Waals surface area contributed by atoms with Gasteiger partial charge in [-0.1, -0.05) is 0 Å². The summed E-state index contributed by atoms with van der Waals surface area (Å²) in [7, 11) is 1.70. The Morgan fingerprint density at radius 3 is 2.80 bits per heavy atom. The predicted octanol–water partition coefficient (Wildman–Crippen LogP) is 0.366. The average molecular weight is 276 g/mol. The Morgan fingerprint density at radius 1 is 1.60 bits per heavy atom. The molecule has 0 bridgehead atoms. The molecule has 1 aromatic rings. The van der Waals surface area contributed by atoms with Gasteiger partial charge in [-0.3, -0.25) is 0 Å². The second kappa shape index (κ2) is 5.04. The van der Waals surface area contributed by atoms with Crippen LogP contribution >= 0.6 is 15.9 Å². The van der Waals surface area contributed by atoms with E-state index >= 15 is 0 Å². The van der Waals surface area contributed by atoms with E-state index in [-0.39, 0.29) is 12.3 Å². The van der Waals surface area contributed by atoms with E-state index in [1.807, 2.05) is 0 Å². The maximum absolute atomic E-state index is 10.8. The number of aliphatic hydroxyl groups is 1. The van der Waals surface area contributed by atoms with Gasteiger partial charge in [-0.2, -0.15) is 0 Å². The fourth-order valence-corrected chi connectivity index (χ4v) is 1.71. The predicted molar refractivity (Wildman–Crippen MR) is 57.0 cm³/mol. The first kappa shape index (κ1) is 11.9. The molecule has 0 spiro atoms. The van der Waals surface area contributed by atoms with Crippen LogP contribution in [0.2, 0.25) is 0 Å². The Labute approximate surface area is 94.7 Å². The molecule has 0 amide bonds. The number of carbonyl (C=O) groups is 1. The fourth-order valence-electron chi connectivity index (χ4n) is 1.03. The minimum absolute atomic E-state index is 0.0324. The molecule has 0 aliphatic rings. The number of aliphatic hydroxyl groups excluding tert-OH is 1. The van der Waals surface area contributed by atoms with Crippen molar-refractivity contribution in [1.29, 1.82) is 0 Å². The molecule has 1 aromatic heterocycles. The summed E-state index contributed by atoms with van der Waals surface area (Å²) in [6.45, 7) is 0.337. The van der Waals surface area contributed by atoms with Crippen molar-refractivity contribution in [2.75, 3.05) is 25.1 Å². The quantitative estimate of drug-likeness (QED) is 0.826. The second-order valence-electron chi connectivity index (χ2n) is 2.81. The topological polar surface area (TPSA) is 86.5 Å². The molecule has 0 unspecified atom stereocenters. The largest absolute Gasteiger partial charge is 0.476 e. The van der Waals surface area contributed by atoms with Crippen LogP contribution in [0.25, 0.3) is 0 Å². The molecular formula is C8H10BrN3O3. The van der Waals surface area contributed by atoms with Crippen molar-refractivity contribution in [3.63, 3.8) is 0 Å². The van der Waals surface area contributed by atoms with E-state index in [0.29, 0.717) is 16.8 Å². The van der Waals surface area contributed by atoms with Gasteiger partial charge in [-0.15, -0.1) is 0 Å². The van der Waals surface area contributed by atoms with E-state index in [4.69, 9.17) is 10.2 Å². The van der Waals surface area contributed by atoms with E-state index in [2.05, 4.69) is 25.9 Å². The number of aromatic carboxylic acids is 1. The van der Waals surface area contributed by atoms with Crippen molar-refractivity contribution < 1.29 is 15.0 Å². The van der Waals surface area contributed by atoms with Crippen LogP contribution in [-0.2, 0) is 0 Å². The first-order valence-corrected chi connectivity index (χ1v) is 4.93. The summed E-state index contributed by atoms with van der Waals surface area (Å²) in [6, 6.07) is 0. The highest BCUT2D eigenvalue weighted by atomic mass is 79.9. The zero-order valence-corrected chi connectivity index (χ0v) is 9.60. The van der Waals surface area contributed by atoms with Gasteiger partial charge in [-0.25, -0.2) is 14.8 Å². The van der Waals surface area contributed by atoms with Crippen LogP contribution in [0.5, 0.6) is 0 Å². The first-order valence-electron chi connectivity index (χ1n) is 4.13. The lowest BCUT2D eigenvalue weighted by Gasteiger charge is -2.18. The molecule has 15 heavy (non-hydrogen) atoms. The minimum atomic E-state index is -1.12. The normalized spacial score (nSPS) is 10.1. The van der Waals surface area contributed by atoms with Gasteiger partial charge < -0.3 is 15.1 Å². The van der Waals surface area contributed by atoms with E-state index in [1.54, 1.807) is 11.9 Å². The molecule has 0 aromatic carbocycles. The molecule has 1 rings (SSSR count). The van der Waals surface area contributed by atoms with Gasteiger partial charge in [-0.05, 0) is 15.9 Å². The number of carboxylic acid groups (broad SMARTS) is 1. The Hall–Kier alpha value is -1.21. The molecule has 0 aliphatic heterocycles. The van der Waals surface area contributed by atoms with Crippen molar-refractivity contribution in [3.8, 4) is 0 Å². The maximum Gasteiger partial charge on any atom is 0.355 e. The van der Waals surface area contributed by atoms with Gasteiger partial charge in [0.15, 0.2) is 5.69 Å². The highest BCUT2D eigenvalue weighted by Crippen LogP contribution is 2.24. The third-order valence-electron chi connectivity index (χ3n) is 1.77. The van der Waals surface area contributed by atoms with Crippen molar-refractivity contribution in [3.05, 3.63) is 16.5 Å². The van der Waals surface area contributed by atoms with E-state index in [9.17, 15) is 4.79 Å². The molecule has 0 saturated carbocycles. The van der Waals surface area contributed by atoms with Gasteiger partial charge in [0.1, 0.15) is 12.1 Å². The molecule has 1 heterocycles. The number of hydrogen-bond acceptors (Lipinski definition) is 5. The lowest BCUT2D eigenvalue weighted by molar-refractivity contribution is 0.0689. The van der Waals surface area contributed by atoms with E-state index in [0.717, 1.165) is 0 Å². The number of rotatable bonds is 4. The molecule has 0 fully saturated rings. The summed E-state index contributed by atoms with van der Waals surface area (Å²) in [4.78, 5) is 20.0. The van der Waals surface area contributed by atoms with Crippen molar-refractivity contribution in [2.24, 2.45) is 0 Å². The zero-order chi connectivity index (χ0) is 11.4. The third kappa shape index (κ3) is 2.63. The summed E-state index contributed by atoms with van der Waals surface area (Å²) >= 11 is 3.12. The van der Waals surface area contributed by atoms with Gasteiger partial charge in [0.05, 0.1) is 11.1 Å². The molecule has 0 saturated heterocycles. The van der Waals surface area contributed by atoms with E-state index < -0.39 is 5.97 Å². The van der Waals surface area contributed by atoms with Crippen molar-refractivity contribution in [1.82, 2.24) is 9.97 Å². The molecule has 0 atom stereocenters. The Balaban J connectivity index is 3.09. The van der Waals surface area contributed by atoms with Crippen LogP contribution in [0, 0.1) is 0 Å². The van der Waals surface area contributed by atoms with Crippen LogP contribution in [0.1, 0.15) is 10.5 Å². The van der Waals surface area contributed by atoms with Gasteiger partial charge in [0.25, 0.3) is 0 Å². The lowest BCUT2D eigenvalue weighted by Crippen LogP contribution is -2.23. The average Bonchev–Trinajstić information content (AvgIpc) is 2.17. The monoisotopic (exact) mass is 275 g/mol. The number of likely N-dealkylation sites (N-methyl/N-ethyl adjacent to an activating group) is 1. The molecule has 0 aliphatic carbocycles. The number of hydrogen-bond donors (Lipinski definition) is 2. The zero-order valence-electron chi connectivity index (χ0n) is 8.01. The number of anilines is 1. The Bertz CT molecular complexity index is 372. The van der Waals surface area contributed by atoms with Gasteiger partial charge >= 0.3 is 5.97 Å². The van der Waals surface area contributed by atoms with Gasteiger partial charge in [0, 0.05) is 13.6 Å². The first-order chi connectivity index (χ1) is 7.07. The third-order valence-corrected chi connectivity index (χ3v) is 2.50. The van der Waals surface area contributed by atoms with Crippen molar-refractivity contribution >= 4 is 27.7 Å². The summed E-state index contributed by atoms with van der Waals surface area (Å²) in [5.74, 6) is -0.681. The number of halogens is 1. The van der Waals surface area contributed by atoms with Gasteiger partial charge in [0.2, 0.25) is 0 Å². The van der Waals surface area contributed by atoms with E-state index in [1.165, 1.54) is 6.33 Å². The maximum atomic E-state index is 10.8. The molecular weight excluding hydrogens is 266 g/mol. The molecule has 7 heteroatoms. The highest BCUT2D eigenvalue weighted by molar-refractivity contribution is 9.10. The number of nitrogens with zero attached hydrogens (tertiary/aromatic N) is 3. The minimum Gasteiger partial charge on any atom is -0.476 e.